The van der Waals surface area contributed by atoms with Crippen LogP contribution < -0.4 is 10.6 Å². The SMILES string of the molecule is CCCCCCNC(=NC)NCC(C)(C)N1CCOCC1. The monoisotopic (exact) mass is 298 g/mol. The zero-order valence-electron chi connectivity index (χ0n) is 14.4. The second-order valence-corrected chi connectivity index (χ2v) is 6.33. The average Bonchev–Trinajstić information content (AvgIpc) is 2.51. The predicted molar refractivity (Wildman–Crippen MR) is 90.0 cm³/mol. The number of hydrogen-bond acceptors (Lipinski definition) is 3. The van der Waals surface area contributed by atoms with Gasteiger partial charge >= 0.3 is 0 Å². The minimum Gasteiger partial charge on any atom is -0.379 e. The summed E-state index contributed by atoms with van der Waals surface area (Å²) < 4.78 is 5.43. The molecule has 124 valence electrons. The molecule has 21 heavy (non-hydrogen) atoms. The third-order valence-electron chi connectivity index (χ3n) is 4.10. The molecule has 0 unspecified atom stereocenters. The van der Waals surface area contributed by atoms with Crippen LogP contribution in [0.1, 0.15) is 46.5 Å². The molecule has 0 aromatic heterocycles. The lowest BCUT2D eigenvalue weighted by Crippen LogP contribution is -2.56. The molecule has 5 heteroatoms. The van der Waals surface area contributed by atoms with Crippen LogP contribution in [0, 0.1) is 0 Å². The Bertz CT molecular complexity index is 299. The van der Waals surface area contributed by atoms with Crippen molar-refractivity contribution in [3.63, 3.8) is 0 Å². The van der Waals surface area contributed by atoms with E-state index in [0.29, 0.717) is 0 Å². The van der Waals surface area contributed by atoms with E-state index in [-0.39, 0.29) is 5.54 Å². The third kappa shape index (κ3) is 7.14. The van der Waals surface area contributed by atoms with E-state index < -0.39 is 0 Å². The van der Waals surface area contributed by atoms with Gasteiger partial charge < -0.3 is 15.4 Å². The summed E-state index contributed by atoms with van der Waals surface area (Å²) in [5.74, 6) is 0.910. The van der Waals surface area contributed by atoms with Crippen LogP contribution in [-0.4, -0.2) is 62.8 Å². The lowest BCUT2D eigenvalue weighted by atomic mass is 10.0. The molecule has 1 aliphatic heterocycles. The van der Waals surface area contributed by atoms with E-state index >= 15 is 0 Å². The number of morpholine rings is 1. The van der Waals surface area contributed by atoms with Crippen LogP contribution in [0.2, 0.25) is 0 Å². The van der Waals surface area contributed by atoms with Gasteiger partial charge in [-0.3, -0.25) is 9.89 Å². The molecule has 0 atom stereocenters. The van der Waals surface area contributed by atoms with Gasteiger partial charge in [-0.25, -0.2) is 0 Å². The van der Waals surface area contributed by atoms with Gasteiger partial charge in [-0.2, -0.15) is 0 Å². The molecule has 1 rings (SSSR count). The summed E-state index contributed by atoms with van der Waals surface area (Å²) in [5, 5.41) is 6.85. The first-order valence-corrected chi connectivity index (χ1v) is 8.37. The predicted octanol–water partition coefficient (Wildman–Crippen LogP) is 1.84. The van der Waals surface area contributed by atoms with Crippen molar-refractivity contribution in [2.45, 2.75) is 52.0 Å². The van der Waals surface area contributed by atoms with Crippen LogP contribution in [0.25, 0.3) is 0 Å². The maximum Gasteiger partial charge on any atom is 0.191 e. The first kappa shape index (κ1) is 18.2. The molecule has 0 spiro atoms. The quantitative estimate of drug-likeness (QED) is 0.408. The zero-order chi connectivity index (χ0) is 15.6. The van der Waals surface area contributed by atoms with Crippen LogP contribution in [0.3, 0.4) is 0 Å². The number of hydrogen-bond donors (Lipinski definition) is 2. The molecular weight excluding hydrogens is 264 g/mol. The van der Waals surface area contributed by atoms with Crippen molar-refractivity contribution in [3.05, 3.63) is 0 Å². The highest BCUT2D eigenvalue weighted by Crippen LogP contribution is 2.14. The molecular formula is C16H34N4O. The van der Waals surface area contributed by atoms with Gasteiger partial charge in [-0.15, -0.1) is 0 Å². The molecule has 0 aliphatic carbocycles. The van der Waals surface area contributed by atoms with Gasteiger partial charge in [0, 0.05) is 38.8 Å². The number of aliphatic imine (C=N–C) groups is 1. The van der Waals surface area contributed by atoms with E-state index in [1.54, 1.807) is 0 Å². The highest BCUT2D eigenvalue weighted by Gasteiger charge is 2.28. The Morgan fingerprint density at radius 1 is 1.14 bits per heavy atom. The lowest BCUT2D eigenvalue weighted by molar-refractivity contribution is -0.00833. The first-order chi connectivity index (χ1) is 10.1. The maximum absolute atomic E-state index is 5.43. The smallest absolute Gasteiger partial charge is 0.191 e. The van der Waals surface area contributed by atoms with Gasteiger partial charge in [0.25, 0.3) is 0 Å². The van der Waals surface area contributed by atoms with Crippen LogP contribution >= 0.6 is 0 Å². The van der Waals surface area contributed by atoms with Crippen molar-refractivity contribution in [2.75, 3.05) is 46.4 Å². The van der Waals surface area contributed by atoms with Crippen LogP contribution in [-0.2, 0) is 4.74 Å². The summed E-state index contributed by atoms with van der Waals surface area (Å²) in [6.07, 6.45) is 5.10. The third-order valence-corrected chi connectivity index (χ3v) is 4.10. The molecule has 2 N–H and O–H groups in total. The zero-order valence-corrected chi connectivity index (χ0v) is 14.4. The molecule has 1 saturated heterocycles. The molecule has 0 bridgehead atoms. The standard InChI is InChI=1S/C16H34N4O/c1-5-6-7-8-9-18-15(17-4)19-14-16(2,3)20-10-12-21-13-11-20/h5-14H2,1-4H3,(H2,17,18,19). The fourth-order valence-electron chi connectivity index (χ4n) is 2.56. The van der Waals surface area contributed by atoms with Gasteiger partial charge in [-0.05, 0) is 20.3 Å². The van der Waals surface area contributed by atoms with E-state index in [1.165, 1.54) is 25.7 Å². The van der Waals surface area contributed by atoms with Crippen molar-refractivity contribution in [1.82, 2.24) is 15.5 Å². The van der Waals surface area contributed by atoms with E-state index in [2.05, 4.69) is 41.3 Å². The highest BCUT2D eigenvalue weighted by atomic mass is 16.5. The van der Waals surface area contributed by atoms with Gasteiger partial charge in [0.1, 0.15) is 0 Å². The largest absolute Gasteiger partial charge is 0.379 e. The minimum absolute atomic E-state index is 0.115. The summed E-state index contributed by atoms with van der Waals surface area (Å²) in [7, 11) is 1.84. The van der Waals surface area contributed by atoms with Crippen molar-refractivity contribution < 1.29 is 4.74 Å². The van der Waals surface area contributed by atoms with Crippen LogP contribution in [0.15, 0.2) is 4.99 Å². The number of nitrogens with zero attached hydrogens (tertiary/aromatic N) is 2. The molecule has 0 aromatic rings. The second-order valence-electron chi connectivity index (χ2n) is 6.33. The lowest BCUT2D eigenvalue weighted by Gasteiger charge is -2.41. The molecule has 5 nitrogen and oxygen atoms in total. The molecule has 0 saturated carbocycles. The summed E-state index contributed by atoms with van der Waals surface area (Å²) in [6, 6.07) is 0. The molecule has 0 radical (unpaired) electrons. The van der Waals surface area contributed by atoms with Gasteiger partial charge in [0.2, 0.25) is 0 Å². The topological polar surface area (TPSA) is 48.9 Å². The fourth-order valence-corrected chi connectivity index (χ4v) is 2.56. The van der Waals surface area contributed by atoms with Gasteiger partial charge in [0.15, 0.2) is 5.96 Å². The fraction of sp³-hybridized carbons (Fsp3) is 0.938. The number of nitrogens with one attached hydrogen (secondary N) is 2. The summed E-state index contributed by atoms with van der Waals surface area (Å²) in [4.78, 5) is 6.79. The molecule has 1 aliphatic rings. The van der Waals surface area contributed by atoms with E-state index in [4.69, 9.17) is 4.74 Å². The van der Waals surface area contributed by atoms with Crippen molar-refractivity contribution in [2.24, 2.45) is 4.99 Å². The first-order valence-electron chi connectivity index (χ1n) is 8.37. The van der Waals surface area contributed by atoms with Gasteiger partial charge in [-0.1, -0.05) is 26.2 Å². The van der Waals surface area contributed by atoms with E-state index in [9.17, 15) is 0 Å². The Morgan fingerprint density at radius 2 is 1.86 bits per heavy atom. The summed E-state index contributed by atoms with van der Waals surface area (Å²) in [6.45, 7) is 12.4. The summed E-state index contributed by atoms with van der Waals surface area (Å²) >= 11 is 0. The van der Waals surface area contributed by atoms with Crippen LogP contribution in [0.5, 0.6) is 0 Å². The normalized spacial score (nSPS) is 17.8. The molecule has 1 fully saturated rings. The Kier molecular flexibility index (Phi) is 8.69. The Hall–Kier alpha value is -0.810. The molecule has 0 aromatic carbocycles. The van der Waals surface area contributed by atoms with E-state index in [1.807, 2.05) is 7.05 Å². The number of rotatable bonds is 8. The summed E-state index contributed by atoms with van der Waals surface area (Å²) in [5.41, 5.74) is 0.115. The van der Waals surface area contributed by atoms with Crippen LogP contribution in [0.4, 0.5) is 0 Å². The Labute approximate surface area is 130 Å². The highest BCUT2D eigenvalue weighted by molar-refractivity contribution is 5.79. The molecule has 0 amide bonds. The second kappa shape index (κ2) is 10.0. The molecule has 1 heterocycles. The number of guanidine groups is 1. The Morgan fingerprint density at radius 3 is 2.48 bits per heavy atom. The average molecular weight is 298 g/mol. The van der Waals surface area contributed by atoms with Crippen molar-refractivity contribution >= 4 is 5.96 Å². The number of unbranched alkanes of at least 4 members (excludes halogenated alkanes) is 3. The maximum atomic E-state index is 5.43. The minimum atomic E-state index is 0.115. The van der Waals surface area contributed by atoms with E-state index in [0.717, 1.165) is 45.4 Å². The van der Waals surface area contributed by atoms with Gasteiger partial charge in [0.05, 0.1) is 13.2 Å². The van der Waals surface area contributed by atoms with Crippen molar-refractivity contribution in [1.29, 1.82) is 0 Å². The van der Waals surface area contributed by atoms with Crippen molar-refractivity contribution in [3.8, 4) is 0 Å². The number of ether oxygens (including phenoxy) is 1. The Balaban J connectivity index is 2.26.